The Kier molecular flexibility index (Phi) is 6.51. The molecular weight excluding hydrogens is 434 g/mol. The number of alkyl halides is 2. The minimum absolute atomic E-state index is 0.0396. The molecule has 0 spiro atoms. The Morgan fingerprint density at radius 3 is 2.85 bits per heavy atom. The number of carbonyl (C=O) groups is 1. The molecule has 4 rings (SSSR count). The first kappa shape index (κ1) is 23.0. The molecule has 0 amide bonds. The second-order valence-electron chi connectivity index (χ2n) is 8.13. The summed E-state index contributed by atoms with van der Waals surface area (Å²) in [5.74, 6) is 0.0910. The molecule has 1 aromatic carbocycles. The van der Waals surface area contributed by atoms with E-state index in [0.29, 0.717) is 28.3 Å². The van der Waals surface area contributed by atoms with Crippen molar-refractivity contribution in [2.24, 2.45) is 5.92 Å². The molecule has 7 nitrogen and oxygen atoms in total. The van der Waals surface area contributed by atoms with Crippen molar-refractivity contribution in [1.29, 1.82) is 0 Å². The third-order valence-electron chi connectivity index (χ3n) is 5.64. The molecule has 9 heteroatoms. The lowest BCUT2D eigenvalue weighted by Crippen LogP contribution is -2.26. The van der Waals surface area contributed by atoms with Gasteiger partial charge in [-0.15, -0.1) is 8.78 Å². The third-order valence-corrected chi connectivity index (χ3v) is 5.64. The van der Waals surface area contributed by atoms with Gasteiger partial charge in [-0.3, -0.25) is 9.20 Å². The van der Waals surface area contributed by atoms with E-state index < -0.39 is 6.29 Å². The first-order valence-corrected chi connectivity index (χ1v) is 10.9. The number of ketones is 1. The van der Waals surface area contributed by atoms with Crippen molar-refractivity contribution in [2.45, 2.75) is 52.4 Å². The number of ether oxygens (including phenoxy) is 3. The number of carbonyl (C=O) groups excluding carboxylic acids is 1. The van der Waals surface area contributed by atoms with Crippen LogP contribution in [0.5, 0.6) is 17.2 Å². The fourth-order valence-electron chi connectivity index (χ4n) is 4.01. The van der Waals surface area contributed by atoms with Crippen LogP contribution in [-0.2, 0) is 6.61 Å². The highest BCUT2D eigenvalue weighted by Crippen LogP contribution is 2.43. The molecule has 1 aliphatic rings. The molecule has 0 fully saturated rings. The molecule has 3 aromatic rings. The van der Waals surface area contributed by atoms with Crippen LogP contribution < -0.4 is 14.2 Å². The lowest BCUT2D eigenvalue weighted by molar-refractivity contribution is -0.287. The number of hydrogen-bond acceptors (Lipinski definition) is 6. The first-order valence-electron chi connectivity index (χ1n) is 10.9. The average Bonchev–Trinajstić information content (AvgIpc) is 3.29. The summed E-state index contributed by atoms with van der Waals surface area (Å²) in [7, 11) is 0. The summed E-state index contributed by atoms with van der Waals surface area (Å²) in [5.41, 5.74) is 1.85. The molecule has 0 unspecified atom stereocenters. The number of fused-ring (bicyclic) bond motifs is 2. The van der Waals surface area contributed by atoms with Gasteiger partial charge in [0.1, 0.15) is 12.3 Å². The van der Waals surface area contributed by atoms with Crippen molar-refractivity contribution < 1.29 is 32.9 Å². The van der Waals surface area contributed by atoms with Crippen molar-refractivity contribution in [1.82, 2.24) is 9.38 Å². The summed E-state index contributed by atoms with van der Waals surface area (Å²) in [6, 6.07) is 8.01. The summed E-state index contributed by atoms with van der Waals surface area (Å²) in [6.45, 7) is 3.73. The SMILES string of the molecule is CCCC[C@H](CO)CC(=O)c1c(C)nc2c(OCc3cccc4c3OC(F)(F)O4)cccn12. The predicted molar refractivity (Wildman–Crippen MR) is 116 cm³/mol. The normalized spacial score (nSPS) is 15.1. The number of rotatable bonds is 10. The Labute approximate surface area is 189 Å². The Bertz CT molecular complexity index is 1160. The summed E-state index contributed by atoms with van der Waals surface area (Å²) in [5, 5.41) is 9.64. The number of aliphatic hydroxyl groups excluding tert-OH is 1. The lowest BCUT2D eigenvalue weighted by atomic mass is 9.95. The van der Waals surface area contributed by atoms with Crippen LogP contribution in [0.15, 0.2) is 36.5 Å². The summed E-state index contributed by atoms with van der Waals surface area (Å²) in [6.07, 6.45) is 0.990. The topological polar surface area (TPSA) is 82.3 Å². The Hall–Kier alpha value is -3.20. The molecule has 0 radical (unpaired) electrons. The number of nitrogens with zero attached hydrogens (tertiary/aromatic N) is 2. The second kappa shape index (κ2) is 9.35. The highest BCUT2D eigenvalue weighted by Gasteiger charge is 2.44. The van der Waals surface area contributed by atoms with E-state index in [2.05, 4.69) is 21.4 Å². The molecule has 0 saturated heterocycles. The zero-order valence-corrected chi connectivity index (χ0v) is 18.5. The molecule has 0 aliphatic carbocycles. The number of aryl methyl sites for hydroxylation is 1. The number of Topliss-reactive ketones (excluding diaryl/α,β-unsaturated/α-hetero) is 1. The first-order chi connectivity index (χ1) is 15.8. The predicted octanol–water partition coefficient (Wildman–Crippen LogP) is 4.91. The molecule has 3 heterocycles. The van der Waals surface area contributed by atoms with Gasteiger partial charge in [0.15, 0.2) is 28.7 Å². The van der Waals surface area contributed by atoms with Gasteiger partial charge in [-0.25, -0.2) is 4.98 Å². The van der Waals surface area contributed by atoms with Crippen LogP contribution >= 0.6 is 0 Å². The van der Waals surface area contributed by atoms with E-state index in [-0.39, 0.29) is 42.8 Å². The van der Waals surface area contributed by atoms with E-state index >= 15 is 0 Å². The maximum Gasteiger partial charge on any atom is 0.586 e. The highest BCUT2D eigenvalue weighted by atomic mass is 19.3. The largest absolute Gasteiger partial charge is 0.586 e. The number of benzene rings is 1. The van der Waals surface area contributed by atoms with Gasteiger partial charge in [-0.1, -0.05) is 31.9 Å². The Morgan fingerprint density at radius 1 is 1.27 bits per heavy atom. The van der Waals surface area contributed by atoms with Gasteiger partial charge in [0, 0.05) is 24.8 Å². The van der Waals surface area contributed by atoms with Crippen LogP contribution in [0, 0.1) is 12.8 Å². The average molecular weight is 460 g/mol. The molecule has 33 heavy (non-hydrogen) atoms. The number of unbranched alkanes of at least 4 members (excludes halogenated alkanes) is 1. The molecule has 0 saturated carbocycles. The monoisotopic (exact) mass is 460 g/mol. The molecule has 1 aliphatic heterocycles. The van der Waals surface area contributed by atoms with Crippen LogP contribution in [0.4, 0.5) is 8.78 Å². The zero-order chi connectivity index (χ0) is 23.6. The summed E-state index contributed by atoms with van der Waals surface area (Å²) in [4.78, 5) is 17.6. The number of halogens is 2. The summed E-state index contributed by atoms with van der Waals surface area (Å²) < 4.78 is 43.6. The number of pyridine rings is 1. The Morgan fingerprint density at radius 2 is 2.09 bits per heavy atom. The van der Waals surface area contributed by atoms with Crippen molar-refractivity contribution >= 4 is 11.4 Å². The van der Waals surface area contributed by atoms with Gasteiger partial charge in [-0.2, -0.15) is 0 Å². The number of aliphatic hydroxyl groups is 1. The molecule has 176 valence electrons. The van der Waals surface area contributed by atoms with E-state index in [0.717, 1.165) is 19.3 Å². The highest BCUT2D eigenvalue weighted by molar-refractivity contribution is 5.96. The minimum atomic E-state index is -3.71. The van der Waals surface area contributed by atoms with Gasteiger partial charge >= 0.3 is 6.29 Å². The van der Waals surface area contributed by atoms with E-state index in [9.17, 15) is 18.7 Å². The van der Waals surface area contributed by atoms with E-state index in [1.165, 1.54) is 6.07 Å². The van der Waals surface area contributed by atoms with Crippen LogP contribution in [-0.4, -0.2) is 33.2 Å². The quantitative estimate of drug-likeness (QED) is 0.433. The van der Waals surface area contributed by atoms with E-state index in [1.54, 1.807) is 41.8 Å². The van der Waals surface area contributed by atoms with Crippen LogP contribution in [0.1, 0.15) is 54.4 Å². The van der Waals surface area contributed by atoms with Crippen molar-refractivity contribution in [3.63, 3.8) is 0 Å². The lowest BCUT2D eigenvalue weighted by Gasteiger charge is -2.13. The standard InChI is InChI=1S/C24H26F2N2O5/c1-3-4-7-16(13-29)12-18(30)21-15(2)27-23-20(10-6-11-28(21)23)31-14-17-8-5-9-19-22(17)33-24(25,26)32-19/h5-6,8-11,16,29H,3-4,7,12-14H2,1-2H3/t16-/m0/s1. The fourth-order valence-corrected chi connectivity index (χ4v) is 4.01. The van der Waals surface area contributed by atoms with E-state index in [1.807, 2.05) is 0 Å². The Balaban J connectivity index is 1.56. The second-order valence-corrected chi connectivity index (χ2v) is 8.13. The number of aromatic nitrogens is 2. The summed E-state index contributed by atoms with van der Waals surface area (Å²) >= 11 is 0. The van der Waals surface area contributed by atoms with Crippen molar-refractivity contribution in [3.05, 3.63) is 53.5 Å². The fraction of sp³-hybridized carbons (Fsp3) is 0.417. The zero-order valence-electron chi connectivity index (χ0n) is 18.5. The number of imidazole rings is 1. The van der Waals surface area contributed by atoms with Gasteiger partial charge in [0.25, 0.3) is 0 Å². The van der Waals surface area contributed by atoms with Gasteiger partial charge in [0.05, 0.1) is 5.69 Å². The maximum absolute atomic E-state index is 13.4. The number of para-hydroxylation sites is 1. The van der Waals surface area contributed by atoms with Crippen molar-refractivity contribution in [2.75, 3.05) is 6.61 Å². The van der Waals surface area contributed by atoms with Gasteiger partial charge in [-0.05, 0) is 37.5 Å². The molecular formula is C24H26F2N2O5. The smallest absolute Gasteiger partial charge is 0.485 e. The molecule has 1 N–H and O–H groups in total. The van der Waals surface area contributed by atoms with Gasteiger partial charge in [0.2, 0.25) is 0 Å². The van der Waals surface area contributed by atoms with Crippen LogP contribution in [0.25, 0.3) is 5.65 Å². The maximum atomic E-state index is 13.4. The molecule has 2 aromatic heterocycles. The molecule has 1 atom stereocenters. The number of hydrogen-bond donors (Lipinski definition) is 1. The van der Waals surface area contributed by atoms with Gasteiger partial charge < -0.3 is 19.3 Å². The van der Waals surface area contributed by atoms with E-state index in [4.69, 9.17) is 4.74 Å². The molecule has 0 bridgehead atoms. The van der Waals surface area contributed by atoms with Crippen LogP contribution in [0.2, 0.25) is 0 Å². The van der Waals surface area contributed by atoms with Crippen molar-refractivity contribution in [3.8, 4) is 17.2 Å². The minimum Gasteiger partial charge on any atom is -0.485 e. The van der Waals surface area contributed by atoms with Crippen LogP contribution in [0.3, 0.4) is 0 Å². The third kappa shape index (κ3) is 4.78.